The first-order chi connectivity index (χ1) is 15.5. The van der Waals surface area contributed by atoms with Crippen molar-refractivity contribution in [3.8, 4) is 0 Å². The van der Waals surface area contributed by atoms with E-state index in [1.54, 1.807) is 23.5 Å². The Hall–Kier alpha value is -3.56. The van der Waals surface area contributed by atoms with E-state index in [-0.39, 0.29) is 11.9 Å². The van der Waals surface area contributed by atoms with Crippen LogP contribution in [0.2, 0.25) is 0 Å². The predicted octanol–water partition coefficient (Wildman–Crippen LogP) is 3.39. The number of aliphatic imine (C=N–C) groups is 1. The van der Waals surface area contributed by atoms with E-state index in [4.69, 9.17) is 10.6 Å². The number of hydrogen-bond acceptors (Lipinski definition) is 7. The molecule has 3 aromatic rings. The highest BCUT2D eigenvalue weighted by molar-refractivity contribution is 7.09. The highest BCUT2D eigenvalue weighted by Crippen LogP contribution is 2.27. The molecule has 0 fully saturated rings. The lowest BCUT2D eigenvalue weighted by atomic mass is 10.0. The molecule has 0 unspecified atom stereocenters. The van der Waals surface area contributed by atoms with Gasteiger partial charge in [-0.3, -0.25) is 4.79 Å². The zero-order valence-electron chi connectivity index (χ0n) is 17.9. The Morgan fingerprint density at radius 3 is 2.59 bits per heavy atom. The highest BCUT2D eigenvalue weighted by Gasteiger charge is 2.11. The van der Waals surface area contributed by atoms with E-state index in [2.05, 4.69) is 20.7 Å². The summed E-state index contributed by atoms with van der Waals surface area (Å²) < 4.78 is 4.74. The second kappa shape index (κ2) is 11.2. The summed E-state index contributed by atoms with van der Waals surface area (Å²) in [5.74, 6) is 4.73. The minimum Gasteiger partial charge on any atom is -0.465 e. The van der Waals surface area contributed by atoms with Crippen LogP contribution >= 0.6 is 11.3 Å². The normalized spacial score (nSPS) is 10.8. The number of esters is 1. The van der Waals surface area contributed by atoms with E-state index >= 15 is 0 Å². The molecule has 3 rings (SSSR count). The lowest BCUT2D eigenvalue weighted by Crippen LogP contribution is -2.18. The Morgan fingerprint density at radius 2 is 1.91 bits per heavy atom. The number of nitrogens with zero attached hydrogens (tertiary/aromatic N) is 2. The van der Waals surface area contributed by atoms with E-state index in [0.717, 1.165) is 36.1 Å². The van der Waals surface area contributed by atoms with Crippen molar-refractivity contribution in [3.63, 3.8) is 0 Å². The molecule has 0 saturated heterocycles. The van der Waals surface area contributed by atoms with Crippen LogP contribution in [0.4, 0.5) is 11.4 Å². The van der Waals surface area contributed by atoms with Crippen LogP contribution in [0.25, 0.3) is 0 Å². The molecule has 32 heavy (non-hydrogen) atoms. The summed E-state index contributed by atoms with van der Waals surface area (Å²) in [6.45, 7) is 1.46. The lowest BCUT2D eigenvalue weighted by Gasteiger charge is -2.10. The summed E-state index contributed by atoms with van der Waals surface area (Å²) in [5, 5.41) is 2.81. The summed E-state index contributed by atoms with van der Waals surface area (Å²) >= 11 is 1.62. The molecule has 0 aliphatic rings. The van der Waals surface area contributed by atoms with Gasteiger partial charge < -0.3 is 15.5 Å². The molecular formula is C23H25N5O3S. The maximum Gasteiger partial charge on any atom is 0.337 e. The molecule has 1 heterocycles. The van der Waals surface area contributed by atoms with Gasteiger partial charge in [-0.05, 0) is 48.2 Å². The highest BCUT2D eigenvalue weighted by atomic mass is 32.1. The third kappa shape index (κ3) is 6.22. The zero-order valence-corrected chi connectivity index (χ0v) is 18.7. The van der Waals surface area contributed by atoms with Gasteiger partial charge in [0, 0.05) is 18.2 Å². The number of aryl methyl sites for hydroxylation is 2. The molecule has 4 N–H and O–H groups in total. The summed E-state index contributed by atoms with van der Waals surface area (Å²) in [4.78, 5) is 33.1. The maximum atomic E-state index is 11.6. The van der Waals surface area contributed by atoms with Gasteiger partial charge in [0.25, 0.3) is 0 Å². The van der Waals surface area contributed by atoms with Gasteiger partial charge in [0.1, 0.15) is 6.34 Å². The van der Waals surface area contributed by atoms with E-state index in [0.29, 0.717) is 16.9 Å². The van der Waals surface area contributed by atoms with E-state index in [9.17, 15) is 9.59 Å². The molecule has 0 bridgehead atoms. The SMILES string of the molecule is COC(=O)c1ccc(Cc2scnc2CCc2ccc(N=CNN)c(NC(C)=O)c2)cc1. The predicted molar refractivity (Wildman–Crippen MR) is 126 cm³/mol. The molecule has 1 amide bonds. The summed E-state index contributed by atoms with van der Waals surface area (Å²) in [6, 6.07) is 13.2. The maximum absolute atomic E-state index is 11.6. The van der Waals surface area contributed by atoms with Crippen LogP contribution in [0.3, 0.4) is 0 Å². The van der Waals surface area contributed by atoms with Gasteiger partial charge in [-0.1, -0.05) is 18.2 Å². The molecule has 0 saturated carbocycles. The second-order valence-corrected chi connectivity index (χ2v) is 7.98. The van der Waals surface area contributed by atoms with Crippen LogP contribution in [0.1, 0.15) is 39.0 Å². The first kappa shape index (κ1) is 23.1. The quantitative estimate of drug-likeness (QED) is 0.151. The van der Waals surface area contributed by atoms with Crippen LogP contribution in [0.5, 0.6) is 0 Å². The van der Waals surface area contributed by atoms with Crippen molar-refractivity contribution >= 4 is 40.9 Å². The Labute approximate surface area is 190 Å². The second-order valence-electron chi connectivity index (χ2n) is 7.05. The Morgan fingerprint density at radius 1 is 1.16 bits per heavy atom. The van der Waals surface area contributed by atoms with E-state index in [1.807, 2.05) is 35.8 Å². The monoisotopic (exact) mass is 451 g/mol. The lowest BCUT2D eigenvalue weighted by molar-refractivity contribution is -0.114. The van der Waals surface area contributed by atoms with Crippen molar-refractivity contribution in [1.29, 1.82) is 0 Å². The topological polar surface area (TPSA) is 119 Å². The largest absolute Gasteiger partial charge is 0.465 e. The van der Waals surface area contributed by atoms with Gasteiger partial charge in [-0.2, -0.15) is 0 Å². The van der Waals surface area contributed by atoms with Crippen molar-refractivity contribution < 1.29 is 14.3 Å². The van der Waals surface area contributed by atoms with Gasteiger partial charge in [0.15, 0.2) is 0 Å². The number of benzene rings is 2. The van der Waals surface area contributed by atoms with Crippen molar-refractivity contribution in [2.24, 2.45) is 10.8 Å². The Balaban J connectivity index is 1.69. The van der Waals surface area contributed by atoms with E-state index < -0.39 is 0 Å². The molecule has 8 nitrogen and oxygen atoms in total. The number of thiazole rings is 1. The van der Waals surface area contributed by atoms with Crippen LogP contribution in [-0.2, 0) is 28.8 Å². The van der Waals surface area contributed by atoms with E-state index in [1.165, 1.54) is 25.2 Å². The Kier molecular flexibility index (Phi) is 8.07. The first-order valence-corrected chi connectivity index (χ1v) is 10.9. The minimum atomic E-state index is -0.343. The molecule has 2 aromatic carbocycles. The number of hydrogen-bond donors (Lipinski definition) is 3. The van der Waals surface area contributed by atoms with Crippen LogP contribution in [0, 0.1) is 0 Å². The molecule has 0 aliphatic heterocycles. The van der Waals surface area contributed by atoms with Gasteiger partial charge in [-0.25, -0.2) is 20.6 Å². The first-order valence-electron chi connectivity index (χ1n) is 9.98. The number of nitrogens with one attached hydrogen (secondary N) is 2. The van der Waals surface area contributed by atoms with Gasteiger partial charge in [0.2, 0.25) is 5.91 Å². The summed E-state index contributed by atoms with van der Waals surface area (Å²) in [5.41, 5.74) is 9.21. The third-order valence-electron chi connectivity index (χ3n) is 4.77. The minimum absolute atomic E-state index is 0.167. The third-order valence-corrected chi connectivity index (χ3v) is 5.64. The molecule has 0 radical (unpaired) electrons. The number of nitrogens with two attached hydrogens (primary N) is 1. The van der Waals surface area contributed by atoms with Crippen molar-refractivity contribution in [2.45, 2.75) is 26.2 Å². The number of methoxy groups -OCH3 is 1. The summed E-state index contributed by atoms with van der Waals surface area (Å²) in [7, 11) is 1.37. The average molecular weight is 452 g/mol. The fraction of sp³-hybridized carbons (Fsp3) is 0.217. The molecule has 0 aliphatic carbocycles. The number of carbonyl (C=O) groups is 2. The van der Waals surface area contributed by atoms with Crippen molar-refractivity contribution in [3.05, 3.63) is 75.2 Å². The Bertz CT molecular complexity index is 1110. The van der Waals surface area contributed by atoms with Crippen molar-refractivity contribution in [1.82, 2.24) is 10.4 Å². The molecule has 9 heteroatoms. The molecule has 166 valence electrons. The number of amides is 1. The van der Waals surface area contributed by atoms with Gasteiger partial charge in [-0.15, -0.1) is 11.3 Å². The molecule has 0 spiro atoms. The number of ether oxygens (including phenoxy) is 1. The smallest absolute Gasteiger partial charge is 0.337 e. The molecule has 1 aromatic heterocycles. The average Bonchev–Trinajstić information content (AvgIpc) is 3.23. The number of aromatic nitrogens is 1. The summed E-state index contributed by atoms with van der Waals surface area (Å²) in [6.07, 6.45) is 3.65. The number of anilines is 1. The number of hydrazine groups is 1. The van der Waals surface area contributed by atoms with Crippen LogP contribution < -0.4 is 16.6 Å². The fourth-order valence-electron chi connectivity index (χ4n) is 3.21. The molecule has 0 atom stereocenters. The number of carbonyl (C=O) groups excluding carboxylic acids is 2. The molecular weight excluding hydrogens is 426 g/mol. The fourth-order valence-corrected chi connectivity index (χ4v) is 4.06. The van der Waals surface area contributed by atoms with Crippen molar-refractivity contribution in [2.75, 3.05) is 12.4 Å². The van der Waals surface area contributed by atoms with Crippen LogP contribution in [-0.4, -0.2) is 30.3 Å². The number of rotatable bonds is 9. The van der Waals surface area contributed by atoms with Gasteiger partial charge >= 0.3 is 5.97 Å². The van der Waals surface area contributed by atoms with Crippen LogP contribution in [0.15, 0.2) is 53.0 Å². The standard InChI is InChI=1S/C23H25N5O3S/c1-15(29)28-21-11-16(5-9-19(21)25-13-27-24)6-10-20-22(32-14-26-20)12-17-3-7-18(8-4-17)23(30)31-2/h3-5,7-9,11,13-14H,6,10,12,24H2,1-2H3,(H,25,27)(H,28,29). The zero-order chi connectivity index (χ0) is 22.9. The van der Waals surface area contributed by atoms with Gasteiger partial charge in [0.05, 0.1) is 35.3 Å².